The first-order valence-corrected chi connectivity index (χ1v) is 11.9. The summed E-state index contributed by atoms with van der Waals surface area (Å²) in [5, 5.41) is 0. The number of carbonyl (C=O) groups is 1. The fraction of sp³-hybridized carbons (Fsp3) is 0.192. The van der Waals surface area contributed by atoms with Crippen LogP contribution in [0, 0.1) is 6.92 Å². The van der Waals surface area contributed by atoms with Gasteiger partial charge in [-0.3, -0.25) is 4.79 Å². The second kappa shape index (κ2) is 10.4. The number of rotatable bonds is 9. The number of carbonyl (C=O) groups excluding carboxylic acids is 1. The van der Waals surface area contributed by atoms with Gasteiger partial charge in [0.05, 0.1) is 18.0 Å². The summed E-state index contributed by atoms with van der Waals surface area (Å²) in [4.78, 5) is 13.6. The van der Waals surface area contributed by atoms with Gasteiger partial charge >= 0.3 is 0 Å². The monoisotopic (exact) mass is 449 g/mol. The maximum atomic E-state index is 13.5. The van der Waals surface area contributed by atoms with Gasteiger partial charge in [0.2, 0.25) is 10.0 Å². The van der Waals surface area contributed by atoms with Crippen LogP contribution in [-0.4, -0.2) is 21.3 Å². The lowest BCUT2D eigenvalue weighted by molar-refractivity contribution is 0.102. The predicted molar refractivity (Wildman–Crippen MR) is 126 cm³/mol. The summed E-state index contributed by atoms with van der Waals surface area (Å²) < 4.78 is 34.4. The first kappa shape index (κ1) is 23.4. The lowest BCUT2D eigenvalue weighted by atomic mass is 9.92. The molecule has 5 nitrogen and oxygen atoms in total. The highest BCUT2D eigenvalue weighted by Crippen LogP contribution is 2.28. The summed E-state index contributed by atoms with van der Waals surface area (Å²) in [6.45, 7) is 3.81. The molecule has 0 spiro atoms. The molecule has 0 heterocycles. The molecule has 0 aliphatic rings. The number of Topliss-reactive ketones (excluding diaryl/α,β-unsaturated/α-hetero) is 1. The summed E-state index contributed by atoms with van der Waals surface area (Å²) in [7, 11) is -2.32. The highest BCUT2D eigenvalue weighted by atomic mass is 32.2. The van der Waals surface area contributed by atoms with Gasteiger partial charge < -0.3 is 4.74 Å². The average Bonchev–Trinajstić information content (AvgIpc) is 2.82. The van der Waals surface area contributed by atoms with E-state index in [1.807, 2.05) is 44.2 Å². The molecule has 3 aromatic rings. The van der Waals surface area contributed by atoms with Crippen LogP contribution in [0.1, 0.15) is 40.9 Å². The van der Waals surface area contributed by atoms with Crippen LogP contribution in [-0.2, 0) is 10.0 Å². The molecule has 0 aliphatic carbocycles. The Bertz CT molecular complexity index is 1180. The summed E-state index contributed by atoms with van der Waals surface area (Å²) in [6, 6.07) is 21.7. The van der Waals surface area contributed by atoms with E-state index in [2.05, 4.69) is 4.72 Å². The minimum atomic E-state index is -3.88. The van der Waals surface area contributed by atoms with E-state index in [4.69, 9.17) is 4.74 Å². The van der Waals surface area contributed by atoms with Crippen molar-refractivity contribution in [2.24, 2.45) is 0 Å². The van der Waals surface area contributed by atoms with Crippen molar-refractivity contribution in [1.82, 2.24) is 4.72 Å². The molecule has 32 heavy (non-hydrogen) atoms. The first-order valence-electron chi connectivity index (χ1n) is 10.4. The van der Waals surface area contributed by atoms with Crippen molar-refractivity contribution in [3.8, 4) is 5.75 Å². The van der Waals surface area contributed by atoms with Crippen LogP contribution in [0.5, 0.6) is 5.75 Å². The van der Waals surface area contributed by atoms with E-state index in [0.29, 0.717) is 28.9 Å². The number of sulfonamides is 1. The zero-order chi connectivity index (χ0) is 23.1. The average molecular weight is 450 g/mol. The van der Waals surface area contributed by atoms with E-state index in [1.54, 1.807) is 61.7 Å². The molecule has 0 aliphatic heterocycles. The van der Waals surface area contributed by atoms with Crippen molar-refractivity contribution in [2.75, 3.05) is 7.11 Å². The number of allylic oxidation sites excluding steroid dienone is 1. The van der Waals surface area contributed by atoms with Gasteiger partial charge in [0, 0.05) is 11.1 Å². The Morgan fingerprint density at radius 1 is 0.969 bits per heavy atom. The van der Waals surface area contributed by atoms with Crippen LogP contribution >= 0.6 is 0 Å². The largest absolute Gasteiger partial charge is 0.497 e. The molecule has 3 aromatic carbocycles. The number of aryl methyl sites for hydroxylation is 1. The van der Waals surface area contributed by atoms with E-state index in [9.17, 15) is 13.2 Å². The van der Waals surface area contributed by atoms with Crippen molar-refractivity contribution < 1.29 is 17.9 Å². The van der Waals surface area contributed by atoms with Gasteiger partial charge in [-0.05, 0) is 55.3 Å². The molecule has 1 atom stereocenters. The summed E-state index contributed by atoms with van der Waals surface area (Å²) >= 11 is 0. The second-order valence-corrected chi connectivity index (χ2v) is 9.12. The zero-order valence-corrected chi connectivity index (χ0v) is 19.2. The number of ketones is 1. The fourth-order valence-corrected chi connectivity index (χ4v) is 4.57. The van der Waals surface area contributed by atoms with Crippen molar-refractivity contribution >= 4 is 15.8 Å². The number of benzene rings is 3. The quantitative estimate of drug-likeness (QED) is 0.358. The van der Waals surface area contributed by atoms with Crippen LogP contribution in [0.25, 0.3) is 0 Å². The van der Waals surface area contributed by atoms with Gasteiger partial charge in [-0.2, -0.15) is 4.72 Å². The van der Waals surface area contributed by atoms with E-state index in [0.717, 1.165) is 5.56 Å². The van der Waals surface area contributed by atoms with E-state index < -0.39 is 16.1 Å². The molecule has 166 valence electrons. The summed E-state index contributed by atoms with van der Waals surface area (Å²) in [5.41, 5.74) is 2.48. The Kier molecular flexibility index (Phi) is 7.62. The normalized spacial score (nSPS) is 12.9. The van der Waals surface area contributed by atoms with Gasteiger partial charge in [0.15, 0.2) is 5.78 Å². The molecule has 0 saturated heterocycles. The number of methoxy groups -OCH3 is 1. The second-order valence-electron chi connectivity index (χ2n) is 7.40. The highest BCUT2D eigenvalue weighted by molar-refractivity contribution is 7.89. The maximum absolute atomic E-state index is 13.5. The Morgan fingerprint density at radius 2 is 1.59 bits per heavy atom. The van der Waals surface area contributed by atoms with Crippen LogP contribution in [0.15, 0.2) is 95.4 Å². The van der Waals surface area contributed by atoms with Crippen LogP contribution in [0.3, 0.4) is 0 Å². The Labute approximate surface area is 189 Å². The highest BCUT2D eigenvalue weighted by Gasteiger charge is 2.28. The lowest BCUT2D eigenvalue weighted by Gasteiger charge is -2.22. The molecule has 0 amide bonds. The third kappa shape index (κ3) is 5.52. The first-order chi connectivity index (χ1) is 15.4. The Balaban J connectivity index is 2.05. The standard InChI is InChI=1S/C26H27NO4S/c1-4-8-24(26(28)21-13-15-22(31-3)16-14-21)25(20-9-6-5-7-10-20)27-32(29,30)23-17-11-19(2)12-18-23/h5-18,25,27H,4H2,1-3H3/b24-8-. The van der Waals surface area contributed by atoms with Crippen molar-refractivity contribution in [2.45, 2.75) is 31.2 Å². The number of hydrogen-bond acceptors (Lipinski definition) is 4. The van der Waals surface area contributed by atoms with Gasteiger partial charge in [-0.25, -0.2) is 8.42 Å². The number of nitrogens with one attached hydrogen (secondary N) is 1. The van der Waals surface area contributed by atoms with Crippen molar-refractivity contribution in [3.63, 3.8) is 0 Å². The van der Waals surface area contributed by atoms with Gasteiger partial charge in [-0.1, -0.05) is 61.0 Å². The molecule has 3 rings (SSSR count). The number of ether oxygens (including phenoxy) is 1. The summed E-state index contributed by atoms with van der Waals surface area (Å²) in [5.74, 6) is 0.400. The van der Waals surface area contributed by atoms with Crippen molar-refractivity contribution in [3.05, 3.63) is 107 Å². The minimum Gasteiger partial charge on any atom is -0.497 e. The van der Waals surface area contributed by atoms with E-state index in [1.165, 1.54) is 0 Å². The van der Waals surface area contributed by atoms with Crippen molar-refractivity contribution in [1.29, 1.82) is 0 Å². The topological polar surface area (TPSA) is 72.5 Å². The summed E-state index contributed by atoms with van der Waals surface area (Å²) in [6.07, 6.45) is 2.36. The third-order valence-corrected chi connectivity index (χ3v) is 6.53. The Hall–Kier alpha value is -3.22. The van der Waals surface area contributed by atoms with Gasteiger partial charge in [0.1, 0.15) is 5.75 Å². The molecule has 0 saturated carbocycles. The minimum absolute atomic E-state index is 0.150. The molecule has 0 bridgehead atoms. The molecular formula is C26H27NO4S. The van der Waals surface area contributed by atoms with Gasteiger partial charge in [0.25, 0.3) is 0 Å². The molecule has 0 radical (unpaired) electrons. The maximum Gasteiger partial charge on any atom is 0.241 e. The SMILES string of the molecule is CC/C=C(\C(=O)c1ccc(OC)cc1)C(NS(=O)(=O)c1ccc(C)cc1)c1ccccc1. The zero-order valence-electron chi connectivity index (χ0n) is 18.4. The Morgan fingerprint density at radius 3 is 2.16 bits per heavy atom. The smallest absolute Gasteiger partial charge is 0.241 e. The molecule has 1 N–H and O–H groups in total. The van der Waals surface area contributed by atoms with Gasteiger partial charge in [-0.15, -0.1) is 0 Å². The molecule has 0 aromatic heterocycles. The lowest BCUT2D eigenvalue weighted by Crippen LogP contribution is -2.32. The van der Waals surface area contributed by atoms with E-state index in [-0.39, 0.29) is 10.7 Å². The molecule has 0 fully saturated rings. The van der Waals surface area contributed by atoms with Crippen LogP contribution < -0.4 is 9.46 Å². The molecular weight excluding hydrogens is 422 g/mol. The number of hydrogen-bond donors (Lipinski definition) is 1. The van der Waals surface area contributed by atoms with Crippen LogP contribution in [0.2, 0.25) is 0 Å². The van der Waals surface area contributed by atoms with Crippen LogP contribution in [0.4, 0.5) is 0 Å². The fourth-order valence-electron chi connectivity index (χ4n) is 3.37. The predicted octanol–water partition coefficient (Wildman–Crippen LogP) is 5.24. The molecule has 6 heteroatoms. The molecule has 1 unspecified atom stereocenters. The third-order valence-electron chi connectivity index (χ3n) is 5.09. The van der Waals surface area contributed by atoms with E-state index >= 15 is 0 Å².